The first kappa shape index (κ1) is 20.7. The Morgan fingerprint density at radius 2 is 1.78 bits per heavy atom. The Morgan fingerprint density at radius 3 is 2.37 bits per heavy atom. The summed E-state index contributed by atoms with van der Waals surface area (Å²) in [6.07, 6.45) is -1.70. The van der Waals surface area contributed by atoms with E-state index in [0.29, 0.717) is 5.69 Å². The summed E-state index contributed by atoms with van der Waals surface area (Å²) in [6, 6.07) is 12.3. The molecule has 2 rings (SSSR count). The molecule has 0 aliphatic heterocycles. The zero-order valence-corrected chi connectivity index (χ0v) is 15.1. The number of carbonyl (C=O) groups is 1. The van der Waals surface area contributed by atoms with Gasteiger partial charge in [-0.25, -0.2) is 13.1 Å². The number of hydrogen-bond donors (Lipinski definition) is 2. The summed E-state index contributed by atoms with van der Waals surface area (Å²) in [5, 5.41) is 2.54. The zero-order chi connectivity index (χ0) is 20.1. The lowest BCUT2D eigenvalue weighted by atomic mass is 10.1. The minimum Gasteiger partial charge on any atom is -0.323 e. The molecule has 0 fully saturated rings. The van der Waals surface area contributed by atoms with Crippen molar-refractivity contribution in [2.24, 2.45) is 0 Å². The van der Waals surface area contributed by atoms with Crippen LogP contribution >= 0.6 is 0 Å². The topological polar surface area (TPSA) is 75.3 Å². The van der Waals surface area contributed by atoms with E-state index in [9.17, 15) is 26.4 Å². The third kappa shape index (κ3) is 6.87. The van der Waals surface area contributed by atoms with E-state index >= 15 is 0 Å². The monoisotopic (exact) mass is 398 g/mol. The Kier molecular flexibility index (Phi) is 6.40. The summed E-state index contributed by atoms with van der Waals surface area (Å²) in [7, 11) is -4.29. The lowest BCUT2D eigenvalue weighted by Gasteiger charge is -2.10. The number of halogens is 3. The van der Waals surface area contributed by atoms with Gasteiger partial charge in [0.1, 0.15) is 6.54 Å². The Morgan fingerprint density at radius 1 is 1.11 bits per heavy atom. The summed E-state index contributed by atoms with van der Waals surface area (Å²) < 4.78 is 61.5. The number of carbonyl (C=O) groups excluding carboxylic acids is 1. The minimum absolute atomic E-state index is 0.309. The van der Waals surface area contributed by atoms with Crippen LogP contribution in [0.5, 0.6) is 0 Å². The quantitative estimate of drug-likeness (QED) is 0.732. The van der Waals surface area contributed by atoms with Gasteiger partial charge in [-0.2, -0.15) is 13.2 Å². The molecule has 0 aliphatic rings. The fraction of sp³-hybridized carbons (Fsp3) is 0.167. The molecule has 0 heterocycles. The second-order valence-electron chi connectivity index (χ2n) is 5.70. The van der Waals surface area contributed by atoms with Gasteiger partial charge in [-0.05, 0) is 42.8 Å². The SMILES string of the molecule is Cc1cccc(/C=C/C(=O)Nc2ccc(S(=O)(=O)NCC(F)(F)F)cc2)c1. The number of nitrogens with one attached hydrogen (secondary N) is 2. The Hall–Kier alpha value is -2.65. The molecule has 0 spiro atoms. The smallest absolute Gasteiger partial charge is 0.323 e. The maximum atomic E-state index is 12.1. The highest BCUT2D eigenvalue weighted by atomic mass is 32.2. The van der Waals surface area contributed by atoms with E-state index in [0.717, 1.165) is 23.3 Å². The molecule has 9 heteroatoms. The van der Waals surface area contributed by atoms with Crippen LogP contribution in [-0.4, -0.2) is 27.0 Å². The number of aryl methyl sites for hydroxylation is 1. The number of rotatable bonds is 6. The molecular weight excluding hydrogens is 381 g/mol. The normalized spacial score (nSPS) is 12.3. The molecule has 2 aromatic carbocycles. The molecule has 2 aromatic rings. The fourth-order valence-electron chi connectivity index (χ4n) is 2.11. The molecule has 0 radical (unpaired) electrons. The molecule has 144 valence electrons. The van der Waals surface area contributed by atoms with Crippen molar-refractivity contribution in [2.75, 3.05) is 11.9 Å². The van der Waals surface area contributed by atoms with Crippen LogP contribution in [0.4, 0.5) is 18.9 Å². The van der Waals surface area contributed by atoms with E-state index in [4.69, 9.17) is 0 Å². The summed E-state index contributed by atoms with van der Waals surface area (Å²) >= 11 is 0. The van der Waals surface area contributed by atoms with Crippen molar-refractivity contribution in [1.82, 2.24) is 4.72 Å². The van der Waals surface area contributed by atoms with Gasteiger partial charge in [0.15, 0.2) is 0 Å². The van der Waals surface area contributed by atoms with Crippen LogP contribution in [0.2, 0.25) is 0 Å². The third-order valence-corrected chi connectivity index (χ3v) is 4.78. The highest BCUT2D eigenvalue weighted by molar-refractivity contribution is 7.89. The number of anilines is 1. The predicted molar refractivity (Wildman–Crippen MR) is 96.5 cm³/mol. The number of benzene rings is 2. The van der Waals surface area contributed by atoms with E-state index < -0.39 is 28.7 Å². The number of alkyl halides is 3. The molecule has 0 aromatic heterocycles. The van der Waals surface area contributed by atoms with Gasteiger partial charge < -0.3 is 5.32 Å². The van der Waals surface area contributed by atoms with Crippen LogP contribution in [0.15, 0.2) is 59.5 Å². The number of amides is 1. The molecule has 0 aliphatic carbocycles. The average molecular weight is 398 g/mol. The first-order valence-electron chi connectivity index (χ1n) is 7.77. The Balaban J connectivity index is 1.99. The first-order chi connectivity index (χ1) is 12.5. The van der Waals surface area contributed by atoms with Crippen molar-refractivity contribution >= 4 is 27.7 Å². The standard InChI is InChI=1S/C18H17F3N2O3S/c1-13-3-2-4-14(11-13)5-10-17(24)23-15-6-8-16(9-7-15)27(25,26)22-12-18(19,20)21/h2-11,22H,12H2,1H3,(H,23,24)/b10-5+. The van der Waals surface area contributed by atoms with E-state index in [2.05, 4.69) is 5.32 Å². The van der Waals surface area contributed by atoms with Gasteiger partial charge in [0.2, 0.25) is 15.9 Å². The van der Waals surface area contributed by atoms with Crippen LogP contribution in [0.1, 0.15) is 11.1 Å². The molecule has 5 nitrogen and oxygen atoms in total. The molecule has 0 saturated heterocycles. The molecule has 0 saturated carbocycles. The molecule has 27 heavy (non-hydrogen) atoms. The summed E-state index contributed by atoms with van der Waals surface area (Å²) in [4.78, 5) is 11.6. The van der Waals surface area contributed by atoms with Crippen molar-refractivity contribution in [1.29, 1.82) is 0 Å². The van der Waals surface area contributed by atoms with E-state index in [1.54, 1.807) is 6.08 Å². The molecule has 1 amide bonds. The lowest BCUT2D eigenvalue weighted by molar-refractivity contribution is -0.121. The number of sulfonamides is 1. The lowest BCUT2D eigenvalue weighted by Crippen LogP contribution is -2.33. The zero-order valence-electron chi connectivity index (χ0n) is 14.2. The van der Waals surface area contributed by atoms with Crippen molar-refractivity contribution in [3.63, 3.8) is 0 Å². The van der Waals surface area contributed by atoms with Crippen molar-refractivity contribution in [3.05, 3.63) is 65.7 Å². The first-order valence-corrected chi connectivity index (χ1v) is 9.26. The van der Waals surface area contributed by atoms with Gasteiger partial charge in [-0.3, -0.25) is 4.79 Å². The maximum absolute atomic E-state index is 12.1. The molecule has 0 unspecified atom stereocenters. The number of hydrogen-bond acceptors (Lipinski definition) is 3. The van der Waals surface area contributed by atoms with E-state index in [1.807, 2.05) is 31.2 Å². The van der Waals surface area contributed by atoms with Crippen molar-refractivity contribution < 1.29 is 26.4 Å². The van der Waals surface area contributed by atoms with E-state index in [-0.39, 0.29) is 4.90 Å². The van der Waals surface area contributed by atoms with Crippen LogP contribution < -0.4 is 10.0 Å². The third-order valence-electron chi connectivity index (χ3n) is 3.36. The largest absolute Gasteiger partial charge is 0.402 e. The summed E-state index contributed by atoms with van der Waals surface area (Å²) in [6.45, 7) is 0.272. The predicted octanol–water partition coefficient (Wildman–Crippen LogP) is 3.49. The summed E-state index contributed by atoms with van der Waals surface area (Å²) in [5.74, 6) is -0.428. The van der Waals surface area contributed by atoms with Gasteiger partial charge in [-0.15, -0.1) is 0 Å². The molecule has 2 N–H and O–H groups in total. The van der Waals surface area contributed by atoms with Gasteiger partial charge in [0.05, 0.1) is 4.90 Å². The van der Waals surface area contributed by atoms with E-state index in [1.165, 1.54) is 22.9 Å². The second kappa shape index (κ2) is 8.36. The van der Waals surface area contributed by atoms with Gasteiger partial charge >= 0.3 is 6.18 Å². The van der Waals surface area contributed by atoms with Crippen LogP contribution in [0, 0.1) is 6.92 Å². The average Bonchev–Trinajstić information content (AvgIpc) is 2.58. The molecule has 0 atom stereocenters. The van der Waals surface area contributed by atoms with Crippen LogP contribution in [-0.2, 0) is 14.8 Å². The molecular formula is C18H17F3N2O3S. The van der Waals surface area contributed by atoms with Crippen molar-refractivity contribution in [3.8, 4) is 0 Å². The van der Waals surface area contributed by atoms with Gasteiger partial charge in [-0.1, -0.05) is 29.8 Å². The highest BCUT2D eigenvalue weighted by Crippen LogP contribution is 2.17. The van der Waals surface area contributed by atoms with Crippen LogP contribution in [0.3, 0.4) is 0 Å². The van der Waals surface area contributed by atoms with Gasteiger partial charge in [0.25, 0.3) is 0 Å². The fourth-order valence-corrected chi connectivity index (χ4v) is 3.12. The van der Waals surface area contributed by atoms with Crippen LogP contribution in [0.25, 0.3) is 6.08 Å². The summed E-state index contributed by atoms with van der Waals surface area (Å²) in [5.41, 5.74) is 2.21. The molecule has 0 bridgehead atoms. The highest BCUT2D eigenvalue weighted by Gasteiger charge is 2.30. The van der Waals surface area contributed by atoms with Crippen molar-refractivity contribution in [2.45, 2.75) is 18.0 Å². The van der Waals surface area contributed by atoms with Gasteiger partial charge in [0, 0.05) is 11.8 Å². The second-order valence-corrected chi connectivity index (χ2v) is 7.47. The Labute approximate surface area is 155 Å². The Bertz CT molecular complexity index is 937. The minimum atomic E-state index is -4.65. The maximum Gasteiger partial charge on any atom is 0.402 e.